The minimum atomic E-state index is 0.303. The maximum Gasteiger partial charge on any atom is 0.137 e. The minimum Gasteiger partial charge on any atom is -0.310 e. The molecule has 2 heteroatoms. The van der Waals surface area contributed by atoms with E-state index in [4.69, 9.17) is 0 Å². The lowest BCUT2D eigenvalue weighted by molar-refractivity contribution is -0.123. The lowest BCUT2D eigenvalue weighted by Gasteiger charge is -2.18. The molecule has 2 aliphatic rings. The van der Waals surface area contributed by atoms with Crippen molar-refractivity contribution in [2.24, 2.45) is 5.92 Å². The number of fused-ring (bicyclic) bond motifs is 2. The molecule has 1 aromatic carbocycles. The Balaban J connectivity index is 1.54. The Morgan fingerprint density at radius 1 is 1.24 bits per heavy atom. The number of nitrogens with one attached hydrogen (secondary N) is 1. The van der Waals surface area contributed by atoms with Crippen LogP contribution < -0.4 is 5.32 Å². The zero-order valence-electron chi connectivity index (χ0n) is 10.1. The highest BCUT2D eigenvalue weighted by molar-refractivity contribution is 5.82. The van der Waals surface area contributed by atoms with Crippen LogP contribution in [0.3, 0.4) is 0 Å². The van der Waals surface area contributed by atoms with Gasteiger partial charge in [0.25, 0.3) is 0 Å². The number of Topliss-reactive ketones (excluding diaryl/α,β-unsaturated/α-hetero) is 1. The van der Waals surface area contributed by atoms with Crippen LogP contribution in [-0.2, 0) is 11.2 Å². The molecule has 1 N–H and O–H groups in total. The van der Waals surface area contributed by atoms with E-state index in [9.17, 15) is 4.79 Å². The van der Waals surface area contributed by atoms with Crippen LogP contribution in [-0.4, -0.2) is 17.9 Å². The highest BCUT2D eigenvalue weighted by Gasteiger charge is 2.41. The molecular formula is C15H19NO. The fraction of sp³-hybridized carbons (Fsp3) is 0.533. The van der Waals surface area contributed by atoms with Crippen molar-refractivity contribution in [2.45, 2.75) is 44.2 Å². The summed E-state index contributed by atoms with van der Waals surface area (Å²) in [5.74, 6) is 0.769. The highest BCUT2D eigenvalue weighted by atomic mass is 16.1. The molecule has 2 nitrogen and oxygen atoms in total. The van der Waals surface area contributed by atoms with Gasteiger partial charge in [-0.05, 0) is 31.2 Å². The molecule has 3 atom stereocenters. The summed E-state index contributed by atoms with van der Waals surface area (Å²) >= 11 is 0. The quantitative estimate of drug-likeness (QED) is 0.858. The van der Waals surface area contributed by atoms with Crippen molar-refractivity contribution in [1.29, 1.82) is 0 Å². The molecule has 0 saturated carbocycles. The molecule has 3 unspecified atom stereocenters. The number of benzene rings is 1. The van der Waals surface area contributed by atoms with Gasteiger partial charge >= 0.3 is 0 Å². The summed E-state index contributed by atoms with van der Waals surface area (Å²) in [6.07, 6.45) is 5.16. The maximum absolute atomic E-state index is 12.2. The summed E-state index contributed by atoms with van der Waals surface area (Å²) < 4.78 is 0. The number of carbonyl (C=O) groups is 1. The Hall–Kier alpha value is -1.15. The second-order valence-electron chi connectivity index (χ2n) is 5.34. The predicted molar refractivity (Wildman–Crippen MR) is 67.8 cm³/mol. The Morgan fingerprint density at radius 3 is 2.71 bits per heavy atom. The zero-order valence-corrected chi connectivity index (χ0v) is 10.1. The third-order valence-electron chi connectivity index (χ3n) is 4.22. The van der Waals surface area contributed by atoms with Crippen molar-refractivity contribution in [3.8, 4) is 0 Å². The first kappa shape index (κ1) is 11.0. The number of carbonyl (C=O) groups excluding carboxylic acids is 1. The molecule has 0 amide bonds. The number of hydrogen-bond acceptors (Lipinski definition) is 2. The van der Waals surface area contributed by atoms with Crippen LogP contribution >= 0.6 is 0 Å². The Bertz CT molecular complexity index is 401. The van der Waals surface area contributed by atoms with Crippen molar-refractivity contribution in [2.75, 3.05) is 0 Å². The molecule has 17 heavy (non-hydrogen) atoms. The summed E-state index contributed by atoms with van der Waals surface area (Å²) in [5, 5.41) is 3.54. The van der Waals surface area contributed by atoms with Crippen molar-refractivity contribution in [1.82, 2.24) is 5.32 Å². The normalized spacial score (nSPS) is 30.7. The number of ketones is 1. The molecule has 2 heterocycles. The number of hydrogen-bond donors (Lipinski definition) is 1. The van der Waals surface area contributed by atoms with Crippen LogP contribution in [0, 0.1) is 5.92 Å². The van der Waals surface area contributed by atoms with E-state index in [0.717, 1.165) is 12.8 Å². The third kappa shape index (κ3) is 2.27. The Kier molecular flexibility index (Phi) is 2.98. The first-order valence-corrected chi connectivity index (χ1v) is 6.65. The molecular weight excluding hydrogens is 210 g/mol. The van der Waals surface area contributed by atoms with Crippen LogP contribution in [0.1, 0.15) is 31.2 Å². The van der Waals surface area contributed by atoms with Gasteiger partial charge in [-0.1, -0.05) is 30.3 Å². The van der Waals surface area contributed by atoms with Crippen molar-refractivity contribution in [3.05, 3.63) is 35.9 Å². The molecule has 90 valence electrons. The summed E-state index contributed by atoms with van der Waals surface area (Å²) in [4.78, 5) is 12.2. The summed E-state index contributed by atoms with van der Waals surface area (Å²) in [6, 6.07) is 11.4. The van der Waals surface area contributed by atoms with Gasteiger partial charge in [0.15, 0.2) is 0 Å². The first-order chi connectivity index (χ1) is 8.33. The van der Waals surface area contributed by atoms with E-state index in [2.05, 4.69) is 17.4 Å². The maximum atomic E-state index is 12.2. The van der Waals surface area contributed by atoms with Gasteiger partial charge in [-0.2, -0.15) is 0 Å². The molecule has 2 saturated heterocycles. The molecule has 0 aromatic heterocycles. The third-order valence-corrected chi connectivity index (χ3v) is 4.22. The SMILES string of the molecule is O=C(CCc1ccccc1)C1CC2CCC1N2. The molecule has 0 aliphatic carbocycles. The summed E-state index contributed by atoms with van der Waals surface area (Å²) in [5.41, 5.74) is 1.27. The van der Waals surface area contributed by atoms with Gasteiger partial charge in [-0.15, -0.1) is 0 Å². The van der Waals surface area contributed by atoms with Crippen LogP contribution in [0.4, 0.5) is 0 Å². The molecule has 2 bridgehead atoms. The van der Waals surface area contributed by atoms with Gasteiger partial charge < -0.3 is 5.32 Å². The largest absolute Gasteiger partial charge is 0.310 e. The van der Waals surface area contributed by atoms with Crippen LogP contribution in [0.15, 0.2) is 30.3 Å². The van der Waals surface area contributed by atoms with E-state index in [1.54, 1.807) is 0 Å². The van der Waals surface area contributed by atoms with Crippen LogP contribution in [0.25, 0.3) is 0 Å². The van der Waals surface area contributed by atoms with Crippen molar-refractivity contribution in [3.63, 3.8) is 0 Å². The van der Waals surface area contributed by atoms with Crippen molar-refractivity contribution < 1.29 is 4.79 Å². The Morgan fingerprint density at radius 2 is 2.06 bits per heavy atom. The van der Waals surface area contributed by atoms with Gasteiger partial charge in [0.2, 0.25) is 0 Å². The smallest absolute Gasteiger partial charge is 0.137 e. The number of rotatable bonds is 4. The van der Waals surface area contributed by atoms with E-state index in [-0.39, 0.29) is 0 Å². The van der Waals surface area contributed by atoms with Gasteiger partial charge in [0, 0.05) is 24.4 Å². The van der Waals surface area contributed by atoms with E-state index < -0.39 is 0 Å². The van der Waals surface area contributed by atoms with E-state index >= 15 is 0 Å². The molecule has 2 fully saturated rings. The van der Waals surface area contributed by atoms with Crippen molar-refractivity contribution >= 4 is 5.78 Å². The predicted octanol–water partition coefficient (Wildman–Crippen LogP) is 2.33. The second-order valence-corrected chi connectivity index (χ2v) is 5.34. The molecule has 2 aliphatic heterocycles. The van der Waals surface area contributed by atoms with Gasteiger partial charge in [-0.3, -0.25) is 4.79 Å². The van der Waals surface area contributed by atoms with Crippen LogP contribution in [0.5, 0.6) is 0 Å². The first-order valence-electron chi connectivity index (χ1n) is 6.65. The van der Waals surface area contributed by atoms with E-state index in [1.165, 1.54) is 18.4 Å². The summed E-state index contributed by atoms with van der Waals surface area (Å²) in [6.45, 7) is 0. The molecule has 3 rings (SSSR count). The fourth-order valence-electron chi connectivity index (χ4n) is 3.28. The second kappa shape index (κ2) is 4.61. The molecule has 0 radical (unpaired) electrons. The van der Waals surface area contributed by atoms with E-state index in [1.807, 2.05) is 18.2 Å². The highest BCUT2D eigenvalue weighted by Crippen LogP contribution is 2.34. The average Bonchev–Trinajstić information content (AvgIpc) is 2.99. The Labute approximate surface area is 102 Å². The number of aryl methyl sites for hydroxylation is 1. The lowest BCUT2D eigenvalue weighted by atomic mass is 9.84. The monoisotopic (exact) mass is 229 g/mol. The topological polar surface area (TPSA) is 29.1 Å². The standard InChI is InChI=1S/C15H19NO/c17-15(9-6-11-4-2-1-3-5-11)13-10-12-7-8-14(13)16-12/h1-5,12-14,16H,6-10H2. The average molecular weight is 229 g/mol. The molecule has 0 spiro atoms. The van der Waals surface area contributed by atoms with E-state index in [0.29, 0.717) is 30.2 Å². The van der Waals surface area contributed by atoms with Gasteiger partial charge in [0.1, 0.15) is 5.78 Å². The fourth-order valence-corrected chi connectivity index (χ4v) is 3.28. The zero-order chi connectivity index (χ0) is 11.7. The summed E-state index contributed by atoms with van der Waals surface area (Å²) in [7, 11) is 0. The molecule has 1 aromatic rings. The minimum absolute atomic E-state index is 0.303. The van der Waals surface area contributed by atoms with Crippen LogP contribution in [0.2, 0.25) is 0 Å². The van der Waals surface area contributed by atoms with Gasteiger partial charge in [0.05, 0.1) is 0 Å². The van der Waals surface area contributed by atoms with Gasteiger partial charge in [-0.25, -0.2) is 0 Å². The lowest BCUT2D eigenvalue weighted by Crippen LogP contribution is -2.28.